The molecule has 92 valence electrons. The number of nitrogens with zero attached hydrogens (tertiary/aromatic N) is 1. The van der Waals surface area contributed by atoms with Gasteiger partial charge in [-0.25, -0.2) is 0 Å². The second-order valence-electron chi connectivity index (χ2n) is 5.01. The van der Waals surface area contributed by atoms with E-state index in [1.165, 1.54) is 25.1 Å². The van der Waals surface area contributed by atoms with Gasteiger partial charge in [0.15, 0.2) is 0 Å². The van der Waals surface area contributed by atoms with Gasteiger partial charge in [0.1, 0.15) is 0 Å². The number of rotatable bonds is 4. The number of aliphatic carboxylic acids is 1. The van der Waals surface area contributed by atoms with E-state index in [-0.39, 0.29) is 0 Å². The van der Waals surface area contributed by atoms with Gasteiger partial charge in [-0.1, -0.05) is 6.92 Å². The van der Waals surface area contributed by atoms with Crippen LogP contribution in [0.25, 0.3) is 0 Å². The number of thioether (sulfide) groups is 1. The Labute approximate surface area is 102 Å². The van der Waals surface area contributed by atoms with E-state index >= 15 is 0 Å². The lowest BCUT2D eigenvalue weighted by Crippen LogP contribution is -2.37. The lowest BCUT2D eigenvalue weighted by atomic mass is 10.0. The number of hydrogen-bond acceptors (Lipinski definition) is 3. The zero-order chi connectivity index (χ0) is 11.5. The fourth-order valence-electron chi connectivity index (χ4n) is 2.93. The molecule has 0 aromatic carbocycles. The van der Waals surface area contributed by atoms with Crippen LogP contribution in [0.5, 0.6) is 0 Å². The molecule has 1 N–H and O–H groups in total. The number of carboxylic acid groups (broad SMARTS) is 1. The summed E-state index contributed by atoms with van der Waals surface area (Å²) in [6, 6.07) is 0.750. The summed E-state index contributed by atoms with van der Waals surface area (Å²) >= 11 is 2.08. The van der Waals surface area contributed by atoms with Gasteiger partial charge < -0.3 is 5.11 Å². The molecule has 0 amide bonds. The van der Waals surface area contributed by atoms with Crippen molar-refractivity contribution in [3.05, 3.63) is 0 Å². The lowest BCUT2D eigenvalue weighted by molar-refractivity contribution is -0.137. The summed E-state index contributed by atoms with van der Waals surface area (Å²) in [5.41, 5.74) is 0. The molecule has 0 aliphatic carbocycles. The summed E-state index contributed by atoms with van der Waals surface area (Å²) in [4.78, 5) is 13.1. The molecule has 3 nitrogen and oxygen atoms in total. The summed E-state index contributed by atoms with van der Waals surface area (Å²) in [5, 5.41) is 9.44. The molecular weight excluding hydrogens is 222 g/mol. The Morgan fingerprint density at radius 2 is 2.31 bits per heavy atom. The molecule has 0 spiro atoms. The SMILES string of the molecule is CC1SCCC1N1CCC(CCC(=O)O)C1. The van der Waals surface area contributed by atoms with Crippen molar-refractivity contribution in [1.29, 1.82) is 0 Å². The predicted octanol–water partition coefficient (Wildman–Crippen LogP) is 2.07. The van der Waals surface area contributed by atoms with E-state index in [1.54, 1.807) is 0 Å². The molecular formula is C12H21NO2S. The molecule has 0 bridgehead atoms. The van der Waals surface area contributed by atoms with Crippen LogP contribution < -0.4 is 0 Å². The van der Waals surface area contributed by atoms with Crippen LogP contribution in [0.1, 0.15) is 32.6 Å². The molecule has 2 rings (SSSR count). The van der Waals surface area contributed by atoms with E-state index in [2.05, 4.69) is 23.6 Å². The van der Waals surface area contributed by atoms with Crippen molar-refractivity contribution in [2.24, 2.45) is 5.92 Å². The molecule has 0 aromatic rings. The van der Waals surface area contributed by atoms with Gasteiger partial charge in [-0.2, -0.15) is 11.8 Å². The first-order chi connectivity index (χ1) is 7.66. The zero-order valence-electron chi connectivity index (χ0n) is 9.89. The van der Waals surface area contributed by atoms with Gasteiger partial charge in [-0.15, -0.1) is 0 Å². The maximum absolute atomic E-state index is 10.5. The number of hydrogen-bond donors (Lipinski definition) is 1. The normalized spacial score (nSPS) is 35.7. The maximum Gasteiger partial charge on any atom is 0.303 e. The monoisotopic (exact) mass is 243 g/mol. The average Bonchev–Trinajstić information content (AvgIpc) is 2.83. The number of carboxylic acids is 1. The van der Waals surface area contributed by atoms with Crippen LogP contribution in [0, 0.1) is 5.92 Å². The van der Waals surface area contributed by atoms with Gasteiger partial charge in [0.2, 0.25) is 0 Å². The molecule has 4 heteroatoms. The van der Waals surface area contributed by atoms with Crippen LogP contribution in [0.15, 0.2) is 0 Å². The minimum absolute atomic E-state index is 0.341. The second-order valence-corrected chi connectivity index (χ2v) is 6.50. The molecule has 16 heavy (non-hydrogen) atoms. The zero-order valence-corrected chi connectivity index (χ0v) is 10.7. The Morgan fingerprint density at radius 3 is 2.94 bits per heavy atom. The molecule has 0 radical (unpaired) electrons. The first-order valence-corrected chi connectivity index (χ1v) is 7.29. The van der Waals surface area contributed by atoms with Crippen LogP contribution in [0.3, 0.4) is 0 Å². The van der Waals surface area contributed by atoms with Crippen LogP contribution in [-0.2, 0) is 4.79 Å². The van der Waals surface area contributed by atoms with Crippen molar-refractivity contribution in [3.63, 3.8) is 0 Å². The van der Waals surface area contributed by atoms with Gasteiger partial charge >= 0.3 is 5.97 Å². The van der Waals surface area contributed by atoms with Crippen LogP contribution in [0.4, 0.5) is 0 Å². The minimum atomic E-state index is -0.650. The van der Waals surface area contributed by atoms with Gasteiger partial charge in [-0.3, -0.25) is 9.69 Å². The van der Waals surface area contributed by atoms with Gasteiger partial charge in [0, 0.05) is 24.3 Å². The molecule has 2 fully saturated rings. The third-order valence-corrected chi connectivity index (χ3v) is 5.20. The first kappa shape index (κ1) is 12.2. The smallest absolute Gasteiger partial charge is 0.303 e. The lowest BCUT2D eigenvalue weighted by Gasteiger charge is -2.26. The molecule has 3 unspecified atom stereocenters. The van der Waals surface area contributed by atoms with Crippen molar-refractivity contribution < 1.29 is 9.90 Å². The fourth-order valence-corrected chi connectivity index (χ4v) is 4.21. The van der Waals surface area contributed by atoms with E-state index in [9.17, 15) is 4.79 Å². The largest absolute Gasteiger partial charge is 0.481 e. The Hall–Kier alpha value is -0.220. The van der Waals surface area contributed by atoms with E-state index < -0.39 is 5.97 Å². The highest BCUT2D eigenvalue weighted by atomic mass is 32.2. The average molecular weight is 243 g/mol. The van der Waals surface area contributed by atoms with Gasteiger partial charge in [0.05, 0.1) is 0 Å². The third kappa shape index (κ3) is 2.92. The Kier molecular flexibility index (Phi) is 4.14. The topological polar surface area (TPSA) is 40.5 Å². The van der Waals surface area contributed by atoms with Crippen molar-refractivity contribution >= 4 is 17.7 Å². The van der Waals surface area contributed by atoms with Crippen molar-refractivity contribution in [1.82, 2.24) is 4.90 Å². The Bertz CT molecular complexity index is 259. The second kappa shape index (κ2) is 5.41. The summed E-state index contributed by atoms with van der Waals surface area (Å²) in [7, 11) is 0. The van der Waals surface area contributed by atoms with Gasteiger partial charge in [-0.05, 0) is 37.5 Å². The van der Waals surface area contributed by atoms with Crippen LogP contribution in [0.2, 0.25) is 0 Å². The van der Waals surface area contributed by atoms with Gasteiger partial charge in [0.25, 0.3) is 0 Å². The molecule has 2 heterocycles. The van der Waals surface area contributed by atoms with Crippen LogP contribution >= 0.6 is 11.8 Å². The molecule has 3 atom stereocenters. The maximum atomic E-state index is 10.5. The summed E-state index contributed by atoms with van der Waals surface area (Å²) < 4.78 is 0. The summed E-state index contributed by atoms with van der Waals surface area (Å²) in [6.45, 7) is 4.63. The molecule has 0 saturated carbocycles. The van der Waals surface area contributed by atoms with E-state index in [4.69, 9.17) is 5.11 Å². The van der Waals surface area contributed by atoms with E-state index in [1.807, 2.05) is 0 Å². The standard InChI is InChI=1S/C12H21NO2S/c1-9-11(5-7-16-9)13-6-4-10(8-13)2-3-12(14)15/h9-11H,2-8H2,1H3,(H,14,15). The van der Waals surface area contributed by atoms with Crippen LogP contribution in [-0.4, -0.2) is 46.1 Å². The highest BCUT2D eigenvalue weighted by molar-refractivity contribution is 8.00. The Balaban J connectivity index is 1.76. The third-order valence-electron chi connectivity index (χ3n) is 3.89. The molecule has 2 aliphatic heterocycles. The quantitative estimate of drug-likeness (QED) is 0.820. The number of likely N-dealkylation sites (tertiary alicyclic amines) is 1. The Morgan fingerprint density at radius 1 is 1.50 bits per heavy atom. The summed E-state index contributed by atoms with van der Waals surface area (Å²) in [5.74, 6) is 1.26. The molecule has 0 aromatic heterocycles. The summed E-state index contributed by atoms with van der Waals surface area (Å²) in [6.07, 6.45) is 3.71. The predicted molar refractivity (Wildman–Crippen MR) is 66.9 cm³/mol. The molecule has 2 saturated heterocycles. The van der Waals surface area contributed by atoms with Crippen molar-refractivity contribution in [3.8, 4) is 0 Å². The van der Waals surface area contributed by atoms with E-state index in [0.29, 0.717) is 12.3 Å². The van der Waals surface area contributed by atoms with E-state index in [0.717, 1.165) is 24.3 Å². The molecule has 2 aliphatic rings. The number of carbonyl (C=O) groups is 1. The van der Waals surface area contributed by atoms with Crippen molar-refractivity contribution in [2.75, 3.05) is 18.8 Å². The highest BCUT2D eigenvalue weighted by Crippen LogP contribution is 2.34. The minimum Gasteiger partial charge on any atom is -0.481 e. The first-order valence-electron chi connectivity index (χ1n) is 6.24. The van der Waals surface area contributed by atoms with Crippen molar-refractivity contribution in [2.45, 2.75) is 43.9 Å². The highest BCUT2D eigenvalue weighted by Gasteiger charge is 2.34. The fraction of sp³-hybridized carbons (Fsp3) is 0.917.